The van der Waals surface area contributed by atoms with Gasteiger partial charge >= 0.3 is 5.97 Å². The first-order valence-corrected chi connectivity index (χ1v) is 6.29. The van der Waals surface area contributed by atoms with Crippen LogP contribution in [-0.2, 0) is 19.0 Å². The van der Waals surface area contributed by atoms with Gasteiger partial charge in [-0.2, -0.15) is 0 Å². The topological polar surface area (TPSA) is 44.8 Å². The molecule has 1 spiro atoms. The second kappa shape index (κ2) is 4.10. The third kappa shape index (κ3) is 1.62. The highest BCUT2D eigenvalue weighted by molar-refractivity contribution is 5.75. The fourth-order valence-corrected chi connectivity index (χ4v) is 3.60. The van der Waals surface area contributed by atoms with Crippen LogP contribution < -0.4 is 0 Å². The quantitative estimate of drug-likeness (QED) is 0.513. The van der Waals surface area contributed by atoms with Gasteiger partial charge in [-0.3, -0.25) is 4.79 Å². The van der Waals surface area contributed by atoms with Gasteiger partial charge in [0.2, 0.25) is 0 Å². The van der Waals surface area contributed by atoms with Gasteiger partial charge in [0.05, 0.1) is 26.2 Å². The molecule has 3 rings (SSSR count). The van der Waals surface area contributed by atoms with Crippen LogP contribution in [0.4, 0.5) is 0 Å². The normalized spacial score (nSPS) is 38.3. The Kier molecular flexibility index (Phi) is 2.71. The Hall–Kier alpha value is -0.870. The predicted molar refractivity (Wildman–Crippen MR) is 60.1 cm³/mol. The van der Waals surface area contributed by atoms with Crippen molar-refractivity contribution in [3.05, 3.63) is 12.2 Å². The number of rotatable bonds is 1. The molecule has 0 aromatic rings. The molecule has 0 aromatic heterocycles. The monoisotopic (exact) mass is 238 g/mol. The lowest BCUT2D eigenvalue weighted by atomic mass is 9.76. The zero-order valence-electron chi connectivity index (χ0n) is 10.1. The van der Waals surface area contributed by atoms with E-state index in [1.54, 1.807) is 0 Å². The maximum atomic E-state index is 11.8. The lowest BCUT2D eigenvalue weighted by Gasteiger charge is -2.35. The Labute approximate surface area is 101 Å². The predicted octanol–water partition coefficient (Wildman–Crippen LogP) is 1.50. The summed E-state index contributed by atoms with van der Waals surface area (Å²) >= 11 is 0. The minimum absolute atomic E-state index is 0.120. The summed E-state index contributed by atoms with van der Waals surface area (Å²) in [7, 11) is 1.45. The number of ether oxygens (including phenoxy) is 3. The van der Waals surface area contributed by atoms with Crippen molar-refractivity contribution >= 4 is 5.97 Å². The minimum Gasteiger partial charge on any atom is -0.469 e. The Bertz CT molecular complexity index is 343. The van der Waals surface area contributed by atoms with Gasteiger partial charge in [-0.25, -0.2) is 0 Å². The molecule has 4 nitrogen and oxygen atoms in total. The summed E-state index contributed by atoms with van der Waals surface area (Å²) in [5.41, 5.74) is 0. The maximum absolute atomic E-state index is 11.8. The third-order valence-electron chi connectivity index (χ3n) is 4.35. The summed E-state index contributed by atoms with van der Waals surface area (Å²) in [6.07, 6.45) is 6.88. The summed E-state index contributed by atoms with van der Waals surface area (Å²) in [5.74, 6) is -0.0524. The Morgan fingerprint density at radius 1 is 1.41 bits per heavy atom. The molecular weight excluding hydrogens is 220 g/mol. The van der Waals surface area contributed by atoms with Crippen LogP contribution in [0.3, 0.4) is 0 Å². The smallest absolute Gasteiger partial charge is 0.312 e. The Morgan fingerprint density at radius 3 is 2.88 bits per heavy atom. The van der Waals surface area contributed by atoms with Crippen molar-refractivity contribution in [2.45, 2.75) is 25.0 Å². The van der Waals surface area contributed by atoms with Crippen molar-refractivity contribution in [1.82, 2.24) is 0 Å². The van der Waals surface area contributed by atoms with Crippen molar-refractivity contribution < 1.29 is 19.0 Å². The molecule has 94 valence electrons. The lowest BCUT2D eigenvalue weighted by molar-refractivity contribution is -0.188. The van der Waals surface area contributed by atoms with Gasteiger partial charge in [-0.15, -0.1) is 0 Å². The summed E-state index contributed by atoms with van der Waals surface area (Å²) < 4.78 is 16.5. The minimum atomic E-state index is -0.415. The van der Waals surface area contributed by atoms with Crippen LogP contribution in [0.25, 0.3) is 0 Å². The molecule has 2 aliphatic carbocycles. The molecule has 0 unspecified atom stereocenters. The van der Waals surface area contributed by atoms with Crippen molar-refractivity contribution in [1.29, 1.82) is 0 Å². The number of hydrogen-bond donors (Lipinski definition) is 0. The molecule has 0 amide bonds. The molecule has 1 aliphatic heterocycles. The Morgan fingerprint density at radius 2 is 2.18 bits per heavy atom. The van der Waals surface area contributed by atoms with E-state index >= 15 is 0 Å². The number of hydrogen-bond acceptors (Lipinski definition) is 4. The molecule has 3 aliphatic rings. The SMILES string of the molecule is COC(=O)[C@@H]1C=CC[C@@H]2[C@H]1CCC21OCCO1. The summed E-state index contributed by atoms with van der Waals surface area (Å²) in [5, 5.41) is 0. The largest absolute Gasteiger partial charge is 0.469 e. The van der Waals surface area contributed by atoms with Crippen LogP contribution in [-0.4, -0.2) is 32.1 Å². The van der Waals surface area contributed by atoms with E-state index < -0.39 is 5.79 Å². The molecule has 17 heavy (non-hydrogen) atoms. The number of carbonyl (C=O) groups excluding carboxylic acids is 1. The van der Waals surface area contributed by atoms with Gasteiger partial charge in [0.1, 0.15) is 0 Å². The van der Waals surface area contributed by atoms with E-state index in [1.807, 2.05) is 6.08 Å². The highest BCUT2D eigenvalue weighted by Crippen LogP contribution is 2.52. The third-order valence-corrected chi connectivity index (χ3v) is 4.35. The standard InChI is InChI=1S/C13H18O4/c1-15-12(14)10-3-2-4-11-9(10)5-6-13(11)16-7-8-17-13/h2-3,9-11H,4-8H2,1H3/t9-,10+,11+/m0/s1. The van der Waals surface area contributed by atoms with E-state index in [4.69, 9.17) is 14.2 Å². The maximum Gasteiger partial charge on any atom is 0.312 e. The summed E-state index contributed by atoms with van der Waals surface area (Å²) in [6, 6.07) is 0. The van der Waals surface area contributed by atoms with Gasteiger partial charge in [0, 0.05) is 12.3 Å². The van der Waals surface area contributed by atoms with Crippen molar-refractivity contribution in [2.24, 2.45) is 17.8 Å². The van der Waals surface area contributed by atoms with Crippen LogP contribution in [0.2, 0.25) is 0 Å². The van der Waals surface area contributed by atoms with Gasteiger partial charge < -0.3 is 14.2 Å². The summed E-state index contributed by atoms with van der Waals surface area (Å²) in [4.78, 5) is 11.8. The first-order chi connectivity index (χ1) is 8.27. The van der Waals surface area contributed by atoms with Crippen molar-refractivity contribution in [2.75, 3.05) is 20.3 Å². The van der Waals surface area contributed by atoms with E-state index in [-0.39, 0.29) is 11.9 Å². The van der Waals surface area contributed by atoms with Gasteiger partial charge in [-0.05, 0) is 18.8 Å². The lowest BCUT2D eigenvalue weighted by Crippen LogP contribution is -2.40. The molecule has 1 heterocycles. The molecule has 2 fully saturated rings. The number of allylic oxidation sites excluding steroid dienone is 1. The van der Waals surface area contributed by atoms with E-state index in [2.05, 4.69) is 6.08 Å². The van der Waals surface area contributed by atoms with E-state index in [0.717, 1.165) is 19.3 Å². The van der Waals surface area contributed by atoms with Crippen molar-refractivity contribution in [3.63, 3.8) is 0 Å². The van der Waals surface area contributed by atoms with E-state index in [0.29, 0.717) is 25.0 Å². The average molecular weight is 238 g/mol. The molecule has 0 radical (unpaired) electrons. The second-order valence-electron chi connectivity index (χ2n) is 5.03. The average Bonchev–Trinajstić information content (AvgIpc) is 2.98. The second-order valence-corrected chi connectivity index (χ2v) is 5.03. The van der Waals surface area contributed by atoms with Crippen molar-refractivity contribution in [3.8, 4) is 0 Å². The molecule has 0 aromatic carbocycles. The summed E-state index contributed by atoms with van der Waals surface area (Å²) in [6.45, 7) is 1.35. The Balaban J connectivity index is 1.84. The molecule has 1 saturated heterocycles. The van der Waals surface area contributed by atoms with Crippen LogP contribution in [0.5, 0.6) is 0 Å². The van der Waals surface area contributed by atoms with E-state index in [9.17, 15) is 4.79 Å². The first-order valence-electron chi connectivity index (χ1n) is 6.29. The molecule has 3 atom stereocenters. The molecule has 0 bridgehead atoms. The molecule has 0 N–H and O–H groups in total. The van der Waals surface area contributed by atoms with E-state index in [1.165, 1.54) is 7.11 Å². The van der Waals surface area contributed by atoms with Gasteiger partial charge in [0.15, 0.2) is 5.79 Å². The number of esters is 1. The fraction of sp³-hybridized carbons (Fsp3) is 0.769. The van der Waals surface area contributed by atoms with Crippen LogP contribution >= 0.6 is 0 Å². The first kappa shape index (κ1) is 11.2. The number of methoxy groups -OCH3 is 1. The van der Waals surface area contributed by atoms with Gasteiger partial charge in [0.25, 0.3) is 0 Å². The molecule has 1 saturated carbocycles. The fourth-order valence-electron chi connectivity index (χ4n) is 3.60. The van der Waals surface area contributed by atoms with Crippen LogP contribution in [0.1, 0.15) is 19.3 Å². The zero-order chi connectivity index (χ0) is 11.9. The number of fused-ring (bicyclic) bond motifs is 2. The van der Waals surface area contributed by atoms with Crippen LogP contribution in [0.15, 0.2) is 12.2 Å². The van der Waals surface area contributed by atoms with Gasteiger partial charge in [-0.1, -0.05) is 12.2 Å². The molecule has 4 heteroatoms. The zero-order valence-corrected chi connectivity index (χ0v) is 10.1. The highest BCUT2D eigenvalue weighted by atomic mass is 16.7. The number of carbonyl (C=O) groups is 1. The van der Waals surface area contributed by atoms with Crippen LogP contribution in [0, 0.1) is 17.8 Å². The highest BCUT2D eigenvalue weighted by Gasteiger charge is 2.55. The molecular formula is C13H18O4.